The number of aromatic nitrogens is 1. The van der Waals surface area contributed by atoms with E-state index in [2.05, 4.69) is 21.3 Å². The van der Waals surface area contributed by atoms with Crippen molar-refractivity contribution in [1.29, 1.82) is 0 Å². The molecule has 0 saturated carbocycles. The van der Waals surface area contributed by atoms with E-state index < -0.39 is 0 Å². The molecule has 140 valence electrons. The standard InChI is InChI=1S/C20H27N3O3/c1-24-17-8-7-15(19(25-2)20(17)26-3)14-22-16-9-12-23(13-10-16)18-6-4-5-11-21-18/h4-8,11,16,22H,9-10,12-14H2,1-3H3. The quantitative estimate of drug-likeness (QED) is 0.822. The summed E-state index contributed by atoms with van der Waals surface area (Å²) in [5.74, 6) is 3.11. The Bertz CT molecular complexity index is 701. The first-order valence-corrected chi connectivity index (χ1v) is 8.94. The molecule has 3 rings (SSSR count). The van der Waals surface area contributed by atoms with Gasteiger partial charge in [0.25, 0.3) is 0 Å². The fourth-order valence-corrected chi connectivity index (χ4v) is 3.41. The highest BCUT2D eigenvalue weighted by Crippen LogP contribution is 2.39. The van der Waals surface area contributed by atoms with E-state index in [0.29, 0.717) is 17.5 Å². The van der Waals surface area contributed by atoms with Crippen LogP contribution in [0.3, 0.4) is 0 Å². The van der Waals surface area contributed by atoms with Gasteiger partial charge in [-0.25, -0.2) is 4.98 Å². The van der Waals surface area contributed by atoms with E-state index in [4.69, 9.17) is 14.2 Å². The summed E-state index contributed by atoms with van der Waals surface area (Å²) in [5.41, 5.74) is 1.07. The Morgan fingerprint density at radius 2 is 1.77 bits per heavy atom. The van der Waals surface area contributed by atoms with Gasteiger partial charge in [-0.1, -0.05) is 12.1 Å². The van der Waals surface area contributed by atoms with Gasteiger partial charge < -0.3 is 24.4 Å². The van der Waals surface area contributed by atoms with Gasteiger partial charge in [0.2, 0.25) is 5.75 Å². The third kappa shape index (κ3) is 4.02. The summed E-state index contributed by atoms with van der Waals surface area (Å²) in [6.07, 6.45) is 4.03. The van der Waals surface area contributed by atoms with E-state index in [1.165, 1.54) is 0 Å². The van der Waals surface area contributed by atoms with Crippen molar-refractivity contribution in [2.24, 2.45) is 0 Å². The number of nitrogens with one attached hydrogen (secondary N) is 1. The van der Waals surface area contributed by atoms with Crippen molar-refractivity contribution in [3.63, 3.8) is 0 Å². The molecule has 1 aromatic carbocycles. The number of anilines is 1. The topological polar surface area (TPSA) is 55.9 Å². The predicted molar refractivity (Wildman–Crippen MR) is 102 cm³/mol. The summed E-state index contributed by atoms with van der Waals surface area (Å²) in [6.45, 7) is 2.76. The lowest BCUT2D eigenvalue weighted by atomic mass is 10.0. The monoisotopic (exact) mass is 357 g/mol. The summed E-state index contributed by atoms with van der Waals surface area (Å²) in [7, 11) is 4.92. The van der Waals surface area contributed by atoms with E-state index in [9.17, 15) is 0 Å². The number of pyridine rings is 1. The van der Waals surface area contributed by atoms with Gasteiger partial charge in [-0.3, -0.25) is 0 Å². The van der Waals surface area contributed by atoms with Crippen molar-refractivity contribution in [3.8, 4) is 17.2 Å². The van der Waals surface area contributed by atoms with Gasteiger partial charge in [-0.2, -0.15) is 0 Å². The van der Waals surface area contributed by atoms with E-state index >= 15 is 0 Å². The van der Waals surface area contributed by atoms with Gasteiger partial charge in [0.15, 0.2) is 11.5 Å². The molecule has 0 amide bonds. The first kappa shape index (κ1) is 18.3. The Kier molecular flexibility index (Phi) is 6.17. The highest BCUT2D eigenvalue weighted by atomic mass is 16.5. The van der Waals surface area contributed by atoms with Gasteiger partial charge in [0.05, 0.1) is 21.3 Å². The number of hydrogen-bond acceptors (Lipinski definition) is 6. The molecule has 2 aromatic rings. The lowest BCUT2D eigenvalue weighted by Crippen LogP contribution is -2.42. The molecule has 1 N–H and O–H groups in total. The average molecular weight is 357 g/mol. The van der Waals surface area contributed by atoms with Crippen LogP contribution in [0.25, 0.3) is 0 Å². The van der Waals surface area contributed by atoms with Crippen LogP contribution in [0, 0.1) is 0 Å². The van der Waals surface area contributed by atoms with E-state index in [1.54, 1.807) is 21.3 Å². The number of rotatable bonds is 7. The third-order valence-electron chi connectivity index (χ3n) is 4.84. The van der Waals surface area contributed by atoms with E-state index in [0.717, 1.165) is 49.6 Å². The van der Waals surface area contributed by atoms with Gasteiger partial charge in [-0.05, 0) is 31.0 Å². The molecule has 1 saturated heterocycles. The Labute approximate surface area is 155 Å². The minimum absolute atomic E-state index is 0.479. The minimum atomic E-state index is 0.479. The molecule has 26 heavy (non-hydrogen) atoms. The molecule has 1 aromatic heterocycles. The number of ether oxygens (including phenoxy) is 3. The maximum absolute atomic E-state index is 5.56. The Balaban J connectivity index is 1.59. The number of nitrogens with zero attached hydrogens (tertiary/aromatic N) is 2. The summed E-state index contributed by atoms with van der Waals surface area (Å²) >= 11 is 0. The summed E-state index contributed by atoms with van der Waals surface area (Å²) in [6, 6.07) is 10.5. The highest BCUT2D eigenvalue weighted by molar-refractivity contribution is 5.55. The molecule has 0 spiro atoms. The van der Waals surface area contributed by atoms with Crippen LogP contribution in [0.15, 0.2) is 36.5 Å². The van der Waals surface area contributed by atoms with Crippen molar-refractivity contribution < 1.29 is 14.2 Å². The molecular formula is C20H27N3O3. The number of methoxy groups -OCH3 is 3. The normalized spacial score (nSPS) is 15.0. The summed E-state index contributed by atoms with van der Waals surface area (Å²) in [5, 5.41) is 3.65. The average Bonchev–Trinajstić information content (AvgIpc) is 2.72. The van der Waals surface area contributed by atoms with Gasteiger partial charge in [-0.15, -0.1) is 0 Å². The molecule has 1 aliphatic rings. The first-order chi connectivity index (χ1) is 12.8. The Morgan fingerprint density at radius 1 is 1.00 bits per heavy atom. The predicted octanol–water partition coefficient (Wildman–Crippen LogP) is 2.87. The molecule has 1 fully saturated rings. The number of hydrogen-bond donors (Lipinski definition) is 1. The zero-order valence-corrected chi connectivity index (χ0v) is 15.7. The van der Waals surface area contributed by atoms with Crippen LogP contribution < -0.4 is 24.4 Å². The van der Waals surface area contributed by atoms with Crippen molar-refractivity contribution in [1.82, 2.24) is 10.3 Å². The van der Waals surface area contributed by atoms with Crippen molar-refractivity contribution in [2.45, 2.75) is 25.4 Å². The maximum atomic E-state index is 5.56. The van der Waals surface area contributed by atoms with Crippen molar-refractivity contribution in [3.05, 3.63) is 42.1 Å². The fourth-order valence-electron chi connectivity index (χ4n) is 3.41. The van der Waals surface area contributed by atoms with Gasteiger partial charge >= 0.3 is 0 Å². The molecule has 0 unspecified atom stereocenters. The van der Waals surface area contributed by atoms with Crippen molar-refractivity contribution >= 4 is 5.82 Å². The summed E-state index contributed by atoms with van der Waals surface area (Å²) < 4.78 is 16.4. The molecule has 6 heteroatoms. The molecule has 0 aliphatic carbocycles. The van der Waals surface area contributed by atoms with Crippen LogP contribution in [-0.4, -0.2) is 45.4 Å². The largest absolute Gasteiger partial charge is 0.493 e. The third-order valence-corrected chi connectivity index (χ3v) is 4.84. The van der Waals surface area contributed by atoms with E-state index in [-0.39, 0.29) is 0 Å². The molecule has 0 radical (unpaired) electrons. The SMILES string of the molecule is COc1ccc(CNC2CCN(c3ccccn3)CC2)c(OC)c1OC. The fraction of sp³-hybridized carbons (Fsp3) is 0.450. The van der Waals surface area contributed by atoms with Gasteiger partial charge in [0, 0.05) is 37.4 Å². The zero-order chi connectivity index (χ0) is 18.4. The van der Waals surface area contributed by atoms with Crippen LogP contribution in [0.4, 0.5) is 5.82 Å². The Morgan fingerprint density at radius 3 is 2.38 bits per heavy atom. The highest BCUT2D eigenvalue weighted by Gasteiger charge is 2.21. The number of benzene rings is 1. The molecule has 2 heterocycles. The second-order valence-corrected chi connectivity index (χ2v) is 6.32. The second kappa shape index (κ2) is 8.76. The minimum Gasteiger partial charge on any atom is -0.493 e. The van der Waals surface area contributed by atoms with Gasteiger partial charge in [0.1, 0.15) is 5.82 Å². The lowest BCUT2D eigenvalue weighted by molar-refractivity contribution is 0.320. The lowest BCUT2D eigenvalue weighted by Gasteiger charge is -2.33. The van der Waals surface area contributed by atoms with Crippen LogP contribution in [0.5, 0.6) is 17.2 Å². The van der Waals surface area contributed by atoms with Crippen LogP contribution in [0.1, 0.15) is 18.4 Å². The molecule has 0 atom stereocenters. The molecule has 1 aliphatic heterocycles. The molecule has 6 nitrogen and oxygen atoms in total. The zero-order valence-electron chi connectivity index (χ0n) is 15.7. The number of piperidine rings is 1. The molecule has 0 bridgehead atoms. The smallest absolute Gasteiger partial charge is 0.203 e. The van der Waals surface area contributed by atoms with E-state index in [1.807, 2.05) is 30.5 Å². The summed E-state index contributed by atoms with van der Waals surface area (Å²) in [4.78, 5) is 6.78. The first-order valence-electron chi connectivity index (χ1n) is 8.94. The van der Waals surface area contributed by atoms with Crippen molar-refractivity contribution in [2.75, 3.05) is 39.3 Å². The Hall–Kier alpha value is -2.47. The molecular weight excluding hydrogens is 330 g/mol. The van der Waals surface area contributed by atoms with Crippen LogP contribution in [0.2, 0.25) is 0 Å². The maximum Gasteiger partial charge on any atom is 0.203 e. The van der Waals surface area contributed by atoms with Crippen LogP contribution in [-0.2, 0) is 6.54 Å². The van der Waals surface area contributed by atoms with Crippen LogP contribution >= 0.6 is 0 Å². The second-order valence-electron chi connectivity index (χ2n) is 6.32.